The van der Waals surface area contributed by atoms with Gasteiger partial charge in [-0.25, -0.2) is 4.79 Å². The Balaban J connectivity index is 1.84. The first-order valence-corrected chi connectivity index (χ1v) is 7.77. The smallest absolute Gasteiger partial charge is 0.331 e. The second kappa shape index (κ2) is 8.65. The van der Waals surface area contributed by atoms with Gasteiger partial charge in [0.05, 0.1) is 11.3 Å². The average Bonchev–Trinajstić information content (AvgIpc) is 2.60. The van der Waals surface area contributed by atoms with Crippen molar-refractivity contribution in [2.24, 2.45) is 0 Å². The van der Waals surface area contributed by atoms with Gasteiger partial charge in [0.25, 0.3) is 5.91 Å². The second-order valence-electron chi connectivity index (χ2n) is 4.70. The molecule has 2 aromatic rings. The quantitative estimate of drug-likeness (QED) is 0.631. The molecule has 120 valence electrons. The van der Waals surface area contributed by atoms with Crippen LogP contribution >= 0.6 is 15.9 Å². The minimum Gasteiger partial charge on any atom is -0.452 e. The highest BCUT2D eigenvalue weighted by Crippen LogP contribution is 2.13. The van der Waals surface area contributed by atoms with E-state index in [9.17, 15) is 9.59 Å². The van der Waals surface area contributed by atoms with E-state index in [1.54, 1.807) is 30.3 Å². The molecule has 1 N–H and O–H groups in total. The lowest BCUT2D eigenvalue weighted by Gasteiger charge is -2.06. The van der Waals surface area contributed by atoms with Gasteiger partial charge in [0.2, 0.25) is 0 Å². The molecule has 0 saturated carbocycles. The zero-order chi connectivity index (χ0) is 17.4. The summed E-state index contributed by atoms with van der Waals surface area (Å²) < 4.78 is 5.81. The molecule has 6 heteroatoms. The van der Waals surface area contributed by atoms with Crippen LogP contribution in [-0.4, -0.2) is 18.5 Å². The summed E-state index contributed by atoms with van der Waals surface area (Å²) in [6.45, 7) is -0.427. The van der Waals surface area contributed by atoms with Crippen molar-refractivity contribution >= 4 is 39.6 Å². The lowest BCUT2D eigenvalue weighted by Crippen LogP contribution is -2.20. The number of nitrogens with zero attached hydrogens (tertiary/aromatic N) is 1. The number of halogens is 1. The van der Waals surface area contributed by atoms with Crippen molar-refractivity contribution in [3.05, 3.63) is 70.2 Å². The van der Waals surface area contributed by atoms with Crippen molar-refractivity contribution < 1.29 is 14.3 Å². The van der Waals surface area contributed by atoms with Gasteiger partial charge in [0.15, 0.2) is 6.61 Å². The van der Waals surface area contributed by atoms with Crippen molar-refractivity contribution in [3.8, 4) is 6.07 Å². The standard InChI is InChI=1S/C18H13BrN2O3/c19-15-8-5-13(6-9-15)7-10-18(23)24-12-17(22)21-16-4-2-1-3-14(16)11-20/h1-10H,12H2,(H,21,22)/b10-7+. The number of esters is 1. The van der Waals surface area contributed by atoms with Gasteiger partial charge in [0.1, 0.15) is 6.07 Å². The van der Waals surface area contributed by atoms with E-state index in [1.165, 1.54) is 6.08 Å². The first kappa shape index (κ1) is 17.4. The predicted octanol–water partition coefficient (Wildman–Crippen LogP) is 3.52. The molecule has 0 spiro atoms. The maximum atomic E-state index is 11.8. The number of carbonyl (C=O) groups excluding carboxylic acids is 2. The first-order chi connectivity index (χ1) is 11.6. The van der Waals surface area contributed by atoms with E-state index >= 15 is 0 Å². The third kappa shape index (κ3) is 5.38. The number of benzene rings is 2. The van der Waals surface area contributed by atoms with E-state index in [1.807, 2.05) is 30.3 Å². The van der Waals surface area contributed by atoms with Crippen molar-refractivity contribution in [1.82, 2.24) is 0 Å². The van der Waals surface area contributed by atoms with Crippen LogP contribution in [-0.2, 0) is 14.3 Å². The first-order valence-electron chi connectivity index (χ1n) is 6.98. The summed E-state index contributed by atoms with van der Waals surface area (Å²) in [4.78, 5) is 23.4. The SMILES string of the molecule is N#Cc1ccccc1NC(=O)COC(=O)/C=C/c1ccc(Br)cc1. The molecule has 0 unspecified atom stereocenters. The molecule has 1 amide bonds. The maximum absolute atomic E-state index is 11.8. The minimum atomic E-state index is -0.623. The van der Waals surface area contributed by atoms with E-state index in [0.717, 1.165) is 10.0 Å². The molecule has 5 nitrogen and oxygen atoms in total. The molecule has 0 fully saturated rings. The van der Waals surface area contributed by atoms with Crippen LogP contribution in [0.25, 0.3) is 6.08 Å². The molecule has 0 aliphatic rings. The van der Waals surface area contributed by atoms with Gasteiger partial charge in [-0.1, -0.05) is 40.2 Å². The third-order valence-corrected chi connectivity index (χ3v) is 3.48. The van der Waals surface area contributed by atoms with E-state index in [-0.39, 0.29) is 0 Å². The van der Waals surface area contributed by atoms with Gasteiger partial charge >= 0.3 is 5.97 Å². The Bertz CT molecular complexity index is 808. The molecular formula is C18H13BrN2O3. The summed E-state index contributed by atoms with van der Waals surface area (Å²) in [7, 11) is 0. The number of nitrogens with one attached hydrogen (secondary N) is 1. The van der Waals surface area contributed by atoms with E-state index in [2.05, 4.69) is 21.2 Å². The topological polar surface area (TPSA) is 79.2 Å². The van der Waals surface area contributed by atoms with Gasteiger partial charge in [-0.3, -0.25) is 4.79 Å². The zero-order valence-electron chi connectivity index (χ0n) is 12.5. The number of hydrogen-bond acceptors (Lipinski definition) is 4. The fourth-order valence-corrected chi connectivity index (χ4v) is 2.06. The van der Waals surface area contributed by atoms with E-state index in [0.29, 0.717) is 11.3 Å². The van der Waals surface area contributed by atoms with Crippen LogP contribution in [0.1, 0.15) is 11.1 Å². The van der Waals surface area contributed by atoms with Gasteiger partial charge in [-0.15, -0.1) is 0 Å². The zero-order valence-corrected chi connectivity index (χ0v) is 14.1. The molecule has 0 aliphatic carbocycles. The lowest BCUT2D eigenvalue weighted by molar-refractivity contribution is -0.142. The van der Waals surface area contributed by atoms with Crippen LogP contribution < -0.4 is 5.32 Å². The van der Waals surface area contributed by atoms with E-state index in [4.69, 9.17) is 10.00 Å². The highest BCUT2D eigenvalue weighted by Gasteiger charge is 2.08. The molecule has 0 atom stereocenters. The van der Waals surface area contributed by atoms with Gasteiger partial charge in [-0.2, -0.15) is 5.26 Å². The molecule has 0 aromatic heterocycles. The normalized spacial score (nSPS) is 10.2. The Labute approximate surface area is 147 Å². The van der Waals surface area contributed by atoms with Crippen LogP contribution in [0.4, 0.5) is 5.69 Å². The summed E-state index contributed by atoms with van der Waals surface area (Å²) in [5.41, 5.74) is 1.56. The lowest BCUT2D eigenvalue weighted by atomic mass is 10.2. The fourth-order valence-electron chi connectivity index (χ4n) is 1.80. The Morgan fingerprint density at radius 1 is 1.17 bits per heavy atom. The molecule has 0 bridgehead atoms. The summed E-state index contributed by atoms with van der Waals surface area (Å²) in [6, 6.07) is 15.9. The molecule has 0 saturated heterocycles. The molecule has 24 heavy (non-hydrogen) atoms. The van der Waals surface area contributed by atoms with Crippen LogP contribution in [0, 0.1) is 11.3 Å². The van der Waals surface area contributed by atoms with Crippen LogP contribution in [0.5, 0.6) is 0 Å². The van der Waals surface area contributed by atoms with Gasteiger partial charge < -0.3 is 10.1 Å². The summed E-state index contributed by atoms with van der Waals surface area (Å²) >= 11 is 3.32. The number of ether oxygens (including phenoxy) is 1. The molecule has 2 aromatic carbocycles. The Hall–Kier alpha value is -2.91. The van der Waals surface area contributed by atoms with Crippen LogP contribution in [0.2, 0.25) is 0 Å². The monoisotopic (exact) mass is 384 g/mol. The summed E-state index contributed by atoms with van der Waals surface area (Å²) in [5, 5.41) is 11.5. The minimum absolute atomic E-state index is 0.340. The Kier molecular flexibility index (Phi) is 6.29. The summed E-state index contributed by atoms with van der Waals surface area (Å²) in [6.07, 6.45) is 2.84. The number of amides is 1. The summed E-state index contributed by atoms with van der Waals surface area (Å²) in [5.74, 6) is -1.13. The number of para-hydroxylation sites is 1. The van der Waals surface area contributed by atoms with E-state index < -0.39 is 18.5 Å². The van der Waals surface area contributed by atoms with Crippen LogP contribution in [0.15, 0.2) is 59.1 Å². The van der Waals surface area contributed by atoms with Gasteiger partial charge in [-0.05, 0) is 35.9 Å². The second-order valence-corrected chi connectivity index (χ2v) is 5.61. The Morgan fingerprint density at radius 2 is 1.88 bits per heavy atom. The number of nitriles is 1. The highest BCUT2D eigenvalue weighted by atomic mass is 79.9. The molecule has 0 heterocycles. The third-order valence-electron chi connectivity index (χ3n) is 2.95. The molecule has 2 rings (SSSR count). The van der Waals surface area contributed by atoms with Gasteiger partial charge in [0, 0.05) is 10.5 Å². The Morgan fingerprint density at radius 3 is 2.58 bits per heavy atom. The van der Waals surface area contributed by atoms with Crippen LogP contribution in [0.3, 0.4) is 0 Å². The molecule has 0 radical (unpaired) electrons. The van der Waals surface area contributed by atoms with Crippen molar-refractivity contribution in [2.75, 3.05) is 11.9 Å². The number of rotatable bonds is 5. The highest BCUT2D eigenvalue weighted by molar-refractivity contribution is 9.10. The maximum Gasteiger partial charge on any atom is 0.331 e. The fraction of sp³-hybridized carbons (Fsp3) is 0.0556. The van der Waals surface area contributed by atoms with Crippen molar-refractivity contribution in [3.63, 3.8) is 0 Å². The van der Waals surface area contributed by atoms with Crippen molar-refractivity contribution in [2.45, 2.75) is 0 Å². The number of anilines is 1. The number of carbonyl (C=O) groups is 2. The number of hydrogen-bond donors (Lipinski definition) is 1. The average molecular weight is 385 g/mol. The largest absolute Gasteiger partial charge is 0.452 e. The predicted molar refractivity (Wildman–Crippen MR) is 93.9 cm³/mol. The molecular weight excluding hydrogens is 372 g/mol. The van der Waals surface area contributed by atoms with Crippen molar-refractivity contribution in [1.29, 1.82) is 5.26 Å². The molecule has 0 aliphatic heterocycles.